The van der Waals surface area contributed by atoms with Crippen LogP contribution >= 0.6 is 0 Å². The van der Waals surface area contributed by atoms with Gasteiger partial charge in [-0.15, -0.1) is 10.2 Å². The van der Waals surface area contributed by atoms with Crippen molar-refractivity contribution in [2.24, 2.45) is 0 Å². The summed E-state index contributed by atoms with van der Waals surface area (Å²) in [6.07, 6.45) is -6.30. The van der Waals surface area contributed by atoms with Gasteiger partial charge in [-0.25, -0.2) is 13.2 Å². The number of aliphatic hydroxyl groups excluding tert-OH is 1. The van der Waals surface area contributed by atoms with Gasteiger partial charge in [0.15, 0.2) is 11.6 Å². The highest BCUT2D eigenvalue weighted by Crippen LogP contribution is 2.34. The minimum absolute atomic E-state index is 0.0927. The van der Waals surface area contributed by atoms with Crippen LogP contribution in [0, 0.1) is 17.5 Å². The number of halogens is 6. The van der Waals surface area contributed by atoms with Crippen LogP contribution in [0.2, 0.25) is 0 Å². The van der Waals surface area contributed by atoms with E-state index in [1.807, 2.05) is 0 Å². The molecule has 2 heterocycles. The number of rotatable bonds is 5. The van der Waals surface area contributed by atoms with Gasteiger partial charge in [0.25, 0.3) is 0 Å². The third-order valence-electron chi connectivity index (χ3n) is 4.49. The Kier molecular flexibility index (Phi) is 5.44. The molecule has 28 heavy (non-hydrogen) atoms. The second kappa shape index (κ2) is 7.51. The van der Waals surface area contributed by atoms with Crippen molar-refractivity contribution in [3.05, 3.63) is 46.8 Å². The van der Waals surface area contributed by atoms with E-state index in [0.717, 1.165) is 4.57 Å². The molecule has 0 saturated heterocycles. The SMILES string of the molecule is O=CCC(O)C(c1cc(F)c(F)cc1F)N1CCn2c(nnc2C(F)(F)F)C1. The van der Waals surface area contributed by atoms with E-state index >= 15 is 0 Å². The van der Waals surface area contributed by atoms with Crippen molar-refractivity contribution < 1.29 is 36.2 Å². The second-order valence-electron chi connectivity index (χ2n) is 6.26. The van der Waals surface area contributed by atoms with Crippen molar-refractivity contribution in [1.82, 2.24) is 19.7 Å². The Bertz CT molecular complexity index is 885. The minimum atomic E-state index is -4.71. The van der Waals surface area contributed by atoms with Crippen LogP contribution in [0.25, 0.3) is 0 Å². The van der Waals surface area contributed by atoms with Gasteiger partial charge in [0.05, 0.1) is 18.7 Å². The molecule has 0 spiro atoms. The normalized spacial score (nSPS) is 17.2. The maximum atomic E-state index is 14.3. The van der Waals surface area contributed by atoms with Crippen LogP contribution < -0.4 is 0 Å². The van der Waals surface area contributed by atoms with E-state index in [1.54, 1.807) is 0 Å². The second-order valence-corrected chi connectivity index (χ2v) is 6.26. The molecule has 0 saturated carbocycles. The van der Waals surface area contributed by atoms with E-state index in [2.05, 4.69) is 10.2 Å². The summed E-state index contributed by atoms with van der Waals surface area (Å²) in [5.74, 6) is -5.23. The van der Waals surface area contributed by atoms with Gasteiger partial charge in [-0.05, 0) is 6.07 Å². The van der Waals surface area contributed by atoms with Gasteiger partial charge in [0, 0.05) is 31.1 Å². The first-order valence-corrected chi connectivity index (χ1v) is 8.13. The molecular weight excluding hydrogens is 394 g/mol. The summed E-state index contributed by atoms with van der Waals surface area (Å²) >= 11 is 0. The molecule has 2 aromatic rings. The van der Waals surface area contributed by atoms with Crippen molar-refractivity contribution in [3.8, 4) is 0 Å². The number of benzene rings is 1. The van der Waals surface area contributed by atoms with Crippen LogP contribution in [0.1, 0.15) is 29.7 Å². The summed E-state index contributed by atoms with van der Waals surface area (Å²) in [5.41, 5.74) is -0.419. The van der Waals surface area contributed by atoms with E-state index in [-0.39, 0.29) is 25.5 Å². The van der Waals surface area contributed by atoms with Crippen LogP contribution in [-0.4, -0.2) is 43.7 Å². The van der Waals surface area contributed by atoms with Crippen molar-refractivity contribution >= 4 is 6.29 Å². The third kappa shape index (κ3) is 3.74. The molecular formula is C16H14F6N4O2. The van der Waals surface area contributed by atoms with E-state index < -0.39 is 53.6 Å². The average Bonchev–Trinajstić information content (AvgIpc) is 3.03. The largest absolute Gasteiger partial charge is 0.451 e. The Labute approximate surface area is 154 Å². The molecule has 1 aromatic heterocycles. The standard InChI is InChI=1S/C16H14F6N4O2/c17-9-6-11(19)10(18)5-8(9)14(12(28)1-4-27)25-2-3-26-13(7-25)23-24-15(26)16(20,21)22/h4-6,12,14,28H,1-3,7H2. The Morgan fingerprint density at radius 3 is 2.43 bits per heavy atom. The molecule has 1 aliphatic rings. The smallest absolute Gasteiger partial charge is 0.391 e. The summed E-state index contributed by atoms with van der Waals surface area (Å²) in [5, 5.41) is 16.9. The Morgan fingerprint density at radius 1 is 1.11 bits per heavy atom. The fourth-order valence-electron chi connectivity index (χ4n) is 3.26. The summed E-state index contributed by atoms with van der Waals surface area (Å²) in [6, 6.07) is -0.441. The zero-order chi connectivity index (χ0) is 20.6. The van der Waals surface area contributed by atoms with E-state index in [0.29, 0.717) is 18.4 Å². The van der Waals surface area contributed by atoms with Gasteiger partial charge in [-0.1, -0.05) is 0 Å². The molecule has 0 fully saturated rings. The molecule has 2 unspecified atom stereocenters. The first-order chi connectivity index (χ1) is 13.1. The lowest BCUT2D eigenvalue weighted by Crippen LogP contribution is -2.42. The molecule has 12 heteroatoms. The molecule has 0 radical (unpaired) electrons. The number of hydrogen-bond acceptors (Lipinski definition) is 5. The molecule has 0 aliphatic carbocycles. The lowest BCUT2D eigenvalue weighted by molar-refractivity contribution is -0.148. The predicted octanol–water partition coefficient (Wildman–Crippen LogP) is 2.22. The highest BCUT2D eigenvalue weighted by atomic mass is 19.4. The van der Waals surface area contributed by atoms with Gasteiger partial charge in [-0.2, -0.15) is 13.2 Å². The summed E-state index contributed by atoms with van der Waals surface area (Å²) < 4.78 is 80.9. The van der Waals surface area contributed by atoms with E-state index in [4.69, 9.17) is 0 Å². The summed E-state index contributed by atoms with van der Waals surface area (Å²) in [6.45, 7) is -0.609. The number of carbonyl (C=O) groups excluding carboxylic acids is 1. The molecule has 0 bridgehead atoms. The zero-order valence-corrected chi connectivity index (χ0v) is 14.1. The maximum absolute atomic E-state index is 14.3. The number of aromatic nitrogens is 3. The van der Waals surface area contributed by atoms with Crippen LogP contribution in [0.3, 0.4) is 0 Å². The minimum Gasteiger partial charge on any atom is -0.391 e. The molecule has 1 aromatic carbocycles. The fraction of sp³-hybridized carbons (Fsp3) is 0.438. The van der Waals surface area contributed by atoms with Gasteiger partial charge in [0.2, 0.25) is 5.82 Å². The molecule has 2 atom stereocenters. The third-order valence-corrected chi connectivity index (χ3v) is 4.49. The number of hydrogen-bond donors (Lipinski definition) is 1. The van der Waals surface area contributed by atoms with Crippen LogP contribution in [0.4, 0.5) is 26.3 Å². The number of aliphatic hydroxyl groups is 1. The Morgan fingerprint density at radius 2 is 1.79 bits per heavy atom. The monoisotopic (exact) mass is 408 g/mol. The van der Waals surface area contributed by atoms with Gasteiger partial charge in [0.1, 0.15) is 17.9 Å². The highest BCUT2D eigenvalue weighted by Gasteiger charge is 2.41. The van der Waals surface area contributed by atoms with Crippen molar-refractivity contribution in [2.45, 2.75) is 37.8 Å². The highest BCUT2D eigenvalue weighted by molar-refractivity contribution is 5.50. The number of alkyl halides is 3. The van der Waals surface area contributed by atoms with Crippen molar-refractivity contribution in [3.63, 3.8) is 0 Å². The van der Waals surface area contributed by atoms with Gasteiger partial charge >= 0.3 is 6.18 Å². The Hall–Kier alpha value is -2.47. The van der Waals surface area contributed by atoms with E-state index in [1.165, 1.54) is 4.90 Å². The molecule has 1 N–H and O–H groups in total. The number of aldehydes is 1. The molecule has 0 amide bonds. The van der Waals surface area contributed by atoms with E-state index in [9.17, 15) is 36.2 Å². The fourth-order valence-corrected chi connectivity index (χ4v) is 3.26. The van der Waals surface area contributed by atoms with Crippen LogP contribution in [-0.2, 0) is 24.1 Å². The Balaban J connectivity index is 1.98. The molecule has 3 rings (SSSR count). The molecule has 6 nitrogen and oxygen atoms in total. The summed E-state index contributed by atoms with van der Waals surface area (Å²) in [4.78, 5) is 12.1. The van der Waals surface area contributed by atoms with Crippen molar-refractivity contribution in [1.29, 1.82) is 0 Å². The van der Waals surface area contributed by atoms with Crippen molar-refractivity contribution in [2.75, 3.05) is 6.54 Å². The average molecular weight is 408 g/mol. The summed E-state index contributed by atoms with van der Waals surface area (Å²) in [7, 11) is 0. The van der Waals surface area contributed by atoms with Gasteiger partial charge in [-0.3, -0.25) is 4.90 Å². The first-order valence-electron chi connectivity index (χ1n) is 8.13. The molecule has 1 aliphatic heterocycles. The number of nitrogens with zero attached hydrogens (tertiary/aromatic N) is 4. The molecule has 152 valence electrons. The number of carbonyl (C=O) groups is 1. The number of fused-ring (bicyclic) bond motifs is 1. The van der Waals surface area contributed by atoms with Crippen LogP contribution in [0.5, 0.6) is 0 Å². The first kappa shape index (κ1) is 20.3. The maximum Gasteiger partial charge on any atom is 0.451 e. The topological polar surface area (TPSA) is 71.2 Å². The van der Waals surface area contributed by atoms with Gasteiger partial charge < -0.3 is 14.5 Å². The predicted molar refractivity (Wildman–Crippen MR) is 81.2 cm³/mol. The lowest BCUT2D eigenvalue weighted by Gasteiger charge is -2.37. The quantitative estimate of drug-likeness (QED) is 0.467. The van der Waals surface area contributed by atoms with Crippen LogP contribution in [0.15, 0.2) is 12.1 Å². The lowest BCUT2D eigenvalue weighted by atomic mass is 9.96. The zero-order valence-electron chi connectivity index (χ0n) is 14.1.